The Hall–Kier alpha value is -2.77. The molecule has 108 valence electrons. The van der Waals surface area contributed by atoms with Gasteiger partial charge in [-0.3, -0.25) is 14.5 Å². The van der Waals surface area contributed by atoms with Crippen LogP contribution in [0.4, 0.5) is 10.4 Å². The normalized spacial score (nSPS) is 18.2. The summed E-state index contributed by atoms with van der Waals surface area (Å²) in [6.45, 7) is 0.110. The van der Waals surface area contributed by atoms with Gasteiger partial charge in [0.15, 0.2) is 0 Å². The molecule has 2 N–H and O–H groups in total. The van der Waals surface area contributed by atoms with Crippen LogP contribution in [0.5, 0.6) is 0 Å². The fraction of sp³-hybridized carbons (Fsp3) is 0.231. The van der Waals surface area contributed by atoms with Crippen LogP contribution >= 0.6 is 0 Å². The minimum Gasteiger partial charge on any atom is -0.403 e. The van der Waals surface area contributed by atoms with Crippen molar-refractivity contribution in [2.75, 3.05) is 11.4 Å². The van der Waals surface area contributed by atoms with Crippen LogP contribution in [0.15, 0.2) is 28.7 Å². The molecule has 0 bridgehead atoms. The van der Waals surface area contributed by atoms with Gasteiger partial charge in [0.2, 0.25) is 17.7 Å². The predicted octanol–water partition coefficient (Wildman–Crippen LogP) is 0.714. The predicted molar refractivity (Wildman–Crippen MR) is 69.3 cm³/mol. The van der Waals surface area contributed by atoms with Gasteiger partial charge in [-0.2, -0.15) is 0 Å². The molecule has 0 saturated carbocycles. The smallest absolute Gasteiger partial charge is 0.325 e. The summed E-state index contributed by atoms with van der Waals surface area (Å²) in [6.07, 6.45) is 0.0208. The zero-order valence-corrected chi connectivity index (χ0v) is 10.8. The first-order valence-corrected chi connectivity index (χ1v) is 6.23. The molecule has 1 aromatic carbocycles. The number of benzene rings is 1. The van der Waals surface area contributed by atoms with Crippen LogP contribution in [-0.2, 0) is 9.59 Å². The molecule has 1 fully saturated rings. The van der Waals surface area contributed by atoms with Gasteiger partial charge < -0.3 is 10.2 Å². The Morgan fingerprint density at radius 1 is 1.43 bits per heavy atom. The average molecular weight is 290 g/mol. The number of nitrogens with two attached hydrogens (primary N) is 1. The van der Waals surface area contributed by atoms with E-state index in [1.807, 2.05) is 0 Å². The fourth-order valence-corrected chi connectivity index (χ4v) is 2.15. The van der Waals surface area contributed by atoms with Gasteiger partial charge in [0.05, 0.1) is 5.92 Å². The first kappa shape index (κ1) is 13.2. The van der Waals surface area contributed by atoms with E-state index < -0.39 is 17.6 Å². The third-order valence-corrected chi connectivity index (χ3v) is 3.24. The molecular formula is C13H11FN4O3. The highest BCUT2D eigenvalue weighted by Crippen LogP contribution is 2.27. The number of carbonyl (C=O) groups is 2. The zero-order chi connectivity index (χ0) is 15.0. The van der Waals surface area contributed by atoms with E-state index in [1.165, 1.54) is 23.1 Å². The second kappa shape index (κ2) is 4.97. The van der Waals surface area contributed by atoms with Gasteiger partial charge in [-0.25, -0.2) is 4.39 Å². The van der Waals surface area contributed by atoms with Crippen LogP contribution in [0.3, 0.4) is 0 Å². The molecule has 0 radical (unpaired) electrons. The second-order valence-corrected chi connectivity index (χ2v) is 4.71. The first-order valence-electron chi connectivity index (χ1n) is 6.23. The zero-order valence-electron chi connectivity index (χ0n) is 10.8. The van der Waals surface area contributed by atoms with E-state index in [-0.39, 0.29) is 30.8 Å². The van der Waals surface area contributed by atoms with Crippen molar-refractivity contribution in [3.63, 3.8) is 0 Å². The van der Waals surface area contributed by atoms with Gasteiger partial charge >= 0.3 is 6.01 Å². The maximum Gasteiger partial charge on any atom is 0.325 e. The van der Waals surface area contributed by atoms with Crippen LogP contribution in [-0.4, -0.2) is 28.6 Å². The molecule has 8 heteroatoms. The highest BCUT2D eigenvalue weighted by molar-refractivity contribution is 5.98. The van der Waals surface area contributed by atoms with Crippen molar-refractivity contribution in [3.05, 3.63) is 30.1 Å². The number of nitrogens with zero attached hydrogens (tertiary/aromatic N) is 3. The van der Waals surface area contributed by atoms with Gasteiger partial charge in [0.1, 0.15) is 5.82 Å². The largest absolute Gasteiger partial charge is 0.403 e. The van der Waals surface area contributed by atoms with Crippen LogP contribution in [0, 0.1) is 11.7 Å². The Labute approximate surface area is 118 Å². The lowest BCUT2D eigenvalue weighted by Crippen LogP contribution is -2.28. The van der Waals surface area contributed by atoms with Crippen molar-refractivity contribution in [2.24, 2.45) is 11.7 Å². The van der Waals surface area contributed by atoms with E-state index in [9.17, 15) is 14.0 Å². The van der Waals surface area contributed by atoms with E-state index >= 15 is 0 Å². The molecule has 1 unspecified atom stereocenters. The van der Waals surface area contributed by atoms with Crippen molar-refractivity contribution in [1.82, 2.24) is 10.2 Å². The molecule has 1 aliphatic rings. The number of carbonyl (C=O) groups excluding carboxylic acids is 2. The van der Waals surface area contributed by atoms with Crippen LogP contribution in [0.2, 0.25) is 0 Å². The van der Waals surface area contributed by atoms with Crippen molar-refractivity contribution in [1.29, 1.82) is 0 Å². The van der Waals surface area contributed by atoms with E-state index in [0.29, 0.717) is 5.56 Å². The minimum atomic E-state index is -0.568. The number of aromatic nitrogens is 2. The fourth-order valence-electron chi connectivity index (χ4n) is 2.15. The van der Waals surface area contributed by atoms with E-state index in [4.69, 9.17) is 10.2 Å². The van der Waals surface area contributed by atoms with Crippen LogP contribution in [0.25, 0.3) is 11.5 Å². The standard InChI is InChI=1S/C13H11FN4O3/c14-9-3-1-2-7(4-9)12-16-17-13(21-12)18-6-8(11(15)20)5-10(18)19/h1-4,8H,5-6H2,(H2,15,20). The van der Waals surface area contributed by atoms with Crippen molar-refractivity contribution in [2.45, 2.75) is 6.42 Å². The summed E-state index contributed by atoms with van der Waals surface area (Å²) in [7, 11) is 0. The molecule has 0 spiro atoms. The highest BCUT2D eigenvalue weighted by Gasteiger charge is 2.36. The molecule has 1 atom stereocenters. The topological polar surface area (TPSA) is 102 Å². The van der Waals surface area contributed by atoms with Gasteiger partial charge in [0, 0.05) is 18.5 Å². The molecule has 1 saturated heterocycles. The molecule has 2 heterocycles. The molecule has 3 rings (SSSR count). The molecular weight excluding hydrogens is 279 g/mol. The van der Waals surface area contributed by atoms with Gasteiger partial charge in [-0.05, 0) is 18.2 Å². The number of halogens is 1. The lowest BCUT2D eigenvalue weighted by molar-refractivity contribution is -0.123. The number of rotatable bonds is 3. The number of hydrogen-bond acceptors (Lipinski definition) is 5. The molecule has 1 aromatic heterocycles. The van der Waals surface area contributed by atoms with Crippen molar-refractivity contribution >= 4 is 17.8 Å². The van der Waals surface area contributed by atoms with Crippen LogP contribution in [0.1, 0.15) is 6.42 Å². The third-order valence-electron chi connectivity index (χ3n) is 3.24. The Kier molecular flexibility index (Phi) is 3.13. The van der Waals surface area contributed by atoms with E-state index in [2.05, 4.69) is 10.2 Å². The van der Waals surface area contributed by atoms with E-state index in [0.717, 1.165) is 0 Å². The van der Waals surface area contributed by atoms with Crippen molar-refractivity contribution < 1.29 is 18.4 Å². The van der Waals surface area contributed by atoms with Gasteiger partial charge in [-0.1, -0.05) is 11.2 Å². The van der Waals surface area contributed by atoms with Gasteiger partial charge in [-0.15, -0.1) is 5.10 Å². The summed E-state index contributed by atoms with van der Waals surface area (Å²) in [6, 6.07) is 5.64. The highest BCUT2D eigenvalue weighted by atomic mass is 19.1. The monoisotopic (exact) mass is 290 g/mol. The minimum absolute atomic E-state index is 0.0208. The van der Waals surface area contributed by atoms with E-state index in [1.54, 1.807) is 6.07 Å². The quantitative estimate of drug-likeness (QED) is 0.897. The molecule has 2 aromatic rings. The Balaban J connectivity index is 1.86. The lowest BCUT2D eigenvalue weighted by atomic mass is 10.1. The Morgan fingerprint density at radius 3 is 2.90 bits per heavy atom. The molecule has 1 aliphatic heterocycles. The molecule has 0 aliphatic carbocycles. The lowest BCUT2D eigenvalue weighted by Gasteiger charge is -2.09. The summed E-state index contributed by atoms with van der Waals surface area (Å²) < 4.78 is 18.5. The molecule has 21 heavy (non-hydrogen) atoms. The summed E-state index contributed by atoms with van der Waals surface area (Å²) in [5.74, 6) is -1.76. The molecule has 7 nitrogen and oxygen atoms in total. The SMILES string of the molecule is NC(=O)C1CC(=O)N(c2nnc(-c3cccc(F)c3)o2)C1. The second-order valence-electron chi connectivity index (χ2n) is 4.71. The Bertz CT molecular complexity index is 715. The number of anilines is 1. The summed E-state index contributed by atoms with van der Waals surface area (Å²) >= 11 is 0. The number of hydrogen-bond donors (Lipinski definition) is 1. The summed E-state index contributed by atoms with van der Waals surface area (Å²) in [5.41, 5.74) is 5.60. The average Bonchev–Trinajstić information content (AvgIpc) is 3.05. The number of primary amides is 1. The number of amides is 2. The first-order chi connectivity index (χ1) is 10.0. The summed E-state index contributed by atoms with van der Waals surface area (Å²) in [4.78, 5) is 24.2. The maximum absolute atomic E-state index is 13.2. The van der Waals surface area contributed by atoms with Crippen LogP contribution < -0.4 is 10.6 Å². The van der Waals surface area contributed by atoms with Gasteiger partial charge in [0.25, 0.3) is 0 Å². The molecule has 2 amide bonds. The maximum atomic E-state index is 13.2. The Morgan fingerprint density at radius 2 is 2.24 bits per heavy atom. The van der Waals surface area contributed by atoms with Crippen molar-refractivity contribution in [3.8, 4) is 11.5 Å². The summed E-state index contributed by atoms with van der Waals surface area (Å²) in [5, 5.41) is 7.55. The third kappa shape index (κ3) is 2.47.